The van der Waals surface area contributed by atoms with Crippen molar-refractivity contribution in [2.24, 2.45) is 18.9 Å². The molecule has 2 aliphatic rings. The summed E-state index contributed by atoms with van der Waals surface area (Å²) in [5.74, 6) is 0.585. The van der Waals surface area contributed by atoms with Gasteiger partial charge in [-0.05, 0) is 57.6 Å². The van der Waals surface area contributed by atoms with Crippen molar-refractivity contribution in [3.05, 3.63) is 24.0 Å². The molecule has 1 aromatic rings. The predicted molar refractivity (Wildman–Crippen MR) is 93.4 cm³/mol. The molecular formula is C19H29N3O2. The van der Waals surface area contributed by atoms with Crippen molar-refractivity contribution < 1.29 is 9.59 Å². The van der Waals surface area contributed by atoms with E-state index in [0.29, 0.717) is 6.54 Å². The summed E-state index contributed by atoms with van der Waals surface area (Å²) in [5, 5.41) is 3.15. The molecule has 0 radical (unpaired) electrons. The van der Waals surface area contributed by atoms with Crippen molar-refractivity contribution in [2.75, 3.05) is 13.1 Å². The number of aromatic nitrogens is 1. The highest BCUT2D eigenvalue weighted by Gasteiger charge is 2.36. The van der Waals surface area contributed by atoms with E-state index in [1.807, 2.05) is 24.2 Å². The van der Waals surface area contributed by atoms with E-state index >= 15 is 0 Å². The predicted octanol–water partition coefficient (Wildman–Crippen LogP) is 2.11. The number of carbonyl (C=O) groups excluding carboxylic acids is 2. The normalized spacial score (nSPS) is 22.2. The molecule has 0 aromatic carbocycles. The lowest BCUT2D eigenvalue weighted by atomic mass is 9.96. The molecule has 2 heterocycles. The third kappa shape index (κ3) is 4.19. The van der Waals surface area contributed by atoms with E-state index in [-0.39, 0.29) is 29.7 Å². The summed E-state index contributed by atoms with van der Waals surface area (Å²) >= 11 is 0. The Labute approximate surface area is 144 Å². The van der Waals surface area contributed by atoms with Crippen molar-refractivity contribution in [1.29, 1.82) is 0 Å². The molecule has 2 atom stereocenters. The van der Waals surface area contributed by atoms with E-state index in [1.54, 1.807) is 0 Å². The van der Waals surface area contributed by atoms with Gasteiger partial charge in [0, 0.05) is 44.0 Å². The van der Waals surface area contributed by atoms with Gasteiger partial charge in [0.25, 0.3) is 0 Å². The standard InChI is InChI=1S/C19H29N3O2/c1-14(7-10-17-6-4-11-21(17)2)20-18(23)16-5-3-12-22(13-16)19(24)15-8-9-15/h4,6,11,14-16H,3,5,7-10,12-13H2,1-2H3,(H,20,23)/t14-,16+/m0/s1. The first-order chi connectivity index (χ1) is 11.5. The number of piperidine rings is 1. The Morgan fingerprint density at radius 2 is 2.08 bits per heavy atom. The number of hydrogen-bond donors (Lipinski definition) is 1. The number of likely N-dealkylation sites (tertiary alicyclic amines) is 1. The third-order valence-corrected chi connectivity index (χ3v) is 5.30. The lowest BCUT2D eigenvalue weighted by Crippen LogP contribution is -2.47. The highest BCUT2D eigenvalue weighted by atomic mass is 16.2. The number of nitrogens with zero attached hydrogens (tertiary/aromatic N) is 2. The SMILES string of the molecule is C[C@@H](CCc1cccn1C)NC(=O)[C@@H]1CCCN(C(=O)C2CC2)C1. The molecule has 5 heteroatoms. The van der Waals surface area contributed by atoms with E-state index < -0.39 is 0 Å². The molecule has 3 rings (SSSR count). The molecule has 1 aromatic heterocycles. The van der Waals surface area contributed by atoms with Crippen molar-refractivity contribution >= 4 is 11.8 Å². The fraction of sp³-hybridized carbons (Fsp3) is 0.684. The summed E-state index contributed by atoms with van der Waals surface area (Å²) in [6, 6.07) is 4.32. The Kier molecular flexibility index (Phi) is 5.27. The van der Waals surface area contributed by atoms with Gasteiger partial charge in [-0.1, -0.05) is 0 Å². The van der Waals surface area contributed by atoms with Crippen LogP contribution >= 0.6 is 0 Å². The number of hydrogen-bond acceptors (Lipinski definition) is 2. The van der Waals surface area contributed by atoms with Crippen molar-refractivity contribution in [2.45, 2.75) is 51.5 Å². The lowest BCUT2D eigenvalue weighted by molar-refractivity contribution is -0.137. The first-order valence-corrected chi connectivity index (χ1v) is 9.24. The van der Waals surface area contributed by atoms with Crippen LogP contribution in [0.4, 0.5) is 0 Å². The highest BCUT2D eigenvalue weighted by molar-refractivity contribution is 5.83. The van der Waals surface area contributed by atoms with Gasteiger partial charge >= 0.3 is 0 Å². The molecule has 1 aliphatic heterocycles. The fourth-order valence-electron chi connectivity index (χ4n) is 3.53. The average Bonchev–Trinajstić information content (AvgIpc) is 3.35. The zero-order valence-corrected chi connectivity index (χ0v) is 14.8. The smallest absolute Gasteiger partial charge is 0.225 e. The van der Waals surface area contributed by atoms with Crippen LogP contribution in [0.25, 0.3) is 0 Å². The van der Waals surface area contributed by atoms with Crippen LogP contribution in [0, 0.1) is 11.8 Å². The maximum Gasteiger partial charge on any atom is 0.225 e. The second-order valence-electron chi connectivity index (χ2n) is 7.46. The molecule has 5 nitrogen and oxygen atoms in total. The zero-order chi connectivity index (χ0) is 17.1. The number of rotatable bonds is 6. The maximum absolute atomic E-state index is 12.5. The van der Waals surface area contributed by atoms with E-state index in [1.165, 1.54) is 5.69 Å². The minimum atomic E-state index is -0.0427. The largest absolute Gasteiger partial charge is 0.354 e. The van der Waals surface area contributed by atoms with Gasteiger partial charge < -0.3 is 14.8 Å². The molecule has 1 aliphatic carbocycles. The molecule has 1 N–H and O–H groups in total. The summed E-state index contributed by atoms with van der Waals surface area (Å²) < 4.78 is 2.12. The first-order valence-electron chi connectivity index (χ1n) is 9.24. The summed E-state index contributed by atoms with van der Waals surface area (Å²) in [5.41, 5.74) is 1.29. The van der Waals surface area contributed by atoms with Crippen LogP contribution in [-0.4, -0.2) is 40.4 Å². The number of amides is 2. The van der Waals surface area contributed by atoms with Gasteiger partial charge in [0.2, 0.25) is 11.8 Å². The average molecular weight is 331 g/mol. The van der Waals surface area contributed by atoms with Crippen LogP contribution in [0.15, 0.2) is 18.3 Å². The summed E-state index contributed by atoms with van der Waals surface area (Å²) in [6.45, 7) is 3.49. The summed E-state index contributed by atoms with van der Waals surface area (Å²) in [4.78, 5) is 26.7. The quantitative estimate of drug-likeness (QED) is 0.868. The Bertz CT molecular complexity index is 591. The molecule has 2 amide bonds. The molecule has 2 fully saturated rings. The van der Waals surface area contributed by atoms with E-state index in [9.17, 15) is 9.59 Å². The van der Waals surface area contributed by atoms with Crippen LogP contribution in [0.1, 0.15) is 44.7 Å². The van der Waals surface area contributed by atoms with Crippen molar-refractivity contribution in [1.82, 2.24) is 14.8 Å². The minimum Gasteiger partial charge on any atom is -0.354 e. The van der Waals surface area contributed by atoms with Crippen LogP contribution < -0.4 is 5.32 Å². The number of carbonyl (C=O) groups is 2. The Balaban J connectivity index is 1.45. The second-order valence-corrected chi connectivity index (χ2v) is 7.46. The fourth-order valence-corrected chi connectivity index (χ4v) is 3.53. The van der Waals surface area contributed by atoms with Gasteiger partial charge in [0.1, 0.15) is 0 Å². The van der Waals surface area contributed by atoms with Gasteiger partial charge in [0.05, 0.1) is 5.92 Å². The van der Waals surface area contributed by atoms with Gasteiger partial charge in [-0.15, -0.1) is 0 Å². The molecule has 0 bridgehead atoms. The molecular weight excluding hydrogens is 302 g/mol. The van der Waals surface area contributed by atoms with Crippen molar-refractivity contribution in [3.8, 4) is 0 Å². The van der Waals surface area contributed by atoms with Gasteiger partial charge in [-0.3, -0.25) is 9.59 Å². The highest BCUT2D eigenvalue weighted by Crippen LogP contribution is 2.32. The van der Waals surface area contributed by atoms with Gasteiger partial charge in [-0.2, -0.15) is 0 Å². The van der Waals surface area contributed by atoms with E-state index in [2.05, 4.69) is 22.9 Å². The van der Waals surface area contributed by atoms with Crippen LogP contribution in [0.2, 0.25) is 0 Å². The molecule has 132 valence electrons. The first kappa shape index (κ1) is 17.1. The maximum atomic E-state index is 12.5. The molecule has 0 spiro atoms. The third-order valence-electron chi connectivity index (χ3n) is 5.30. The summed E-state index contributed by atoms with van der Waals surface area (Å²) in [6.07, 6.45) is 7.83. The molecule has 1 saturated heterocycles. The van der Waals surface area contributed by atoms with Gasteiger partial charge in [0.15, 0.2) is 0 Å². The molecule has 24 heavy (non-hydrogen) atoms. The molecule has 0 unspecified atom stereocenters. The van der Waals surface area contributed by atoms with Crippen molar-refractivity contribution in [3.63, 3.8) is 0 Å². The Morgan fingerprint density at radius 3 is 2.75 bits per heavy atom. The lowest BCUT2D eigenvalue weighted by Gasteiger charge is -2.32. The van der Waals surface area contributed by atoms with Crippen LogP contribution in [-0.2, 0) is 23.1 Å². The number of aryl methyl sites for hydroxylation is 2. The Hall–Kier alpha value is -1.78. The van der Waals surface area contributed by atoms with Crippen LogP contribution in [0.5, 0.6) is 0 Å². The van der Waals surface area contributed by atoms with E-state index in [0.717, 1.165) is 45.1 Å². The summed E-state index contributed by atoms with van der Waals surface area (Å²) in [7, 11) is 2.05. The second kappa shape index (κ2) is 7.41. The minimum absolute atomic E-state index is 0.0427. The van der Waals surface area contributed by atoms with Gasteiger partial charge in [-0.25, -0.2) is 0 Å². The topological polar surface area (TPSA) is 54.3 Å². The zero-order valence-electron chi connectivity index (χ0n) is 14.8. The molecule has 1 saturated carbocycles. The van der Waals surface area contributed by atoms with Crippen LogP contribution in [0.3, 0.4) is 0 Å². The Morgan fingerprint density at radius 1 is 1.29 bits per heavy atom. The monoisotopic (exact) mass is 331 g/mol. The van der Waals surface area contributed by atoms with E-state index in [4.69, 9.17) is 0 Å². The number of nitrogens with one attached hydrogen (secondary N) is 1.